The van der Waals surface area contributed by atoms with E-state index in [0.717, 1.165) is 36.6 Å². The van der Waals surface area contributed by atoms with E-state index in [1.165, 1.54) is 0 Å². The van der Waals surface area contributed by atoms with Crippen molar-refractivity contribution in [3.63, 3.8) is 0 Å². The molecule has 2 N–H and O–H groups in total. The first-order valence-electron chi connectivity index (χ1n) is 8.54. The highest BCUT2D eigenvalue weighted by Crippen LogP contribution is 2.22. The SMILES string of the molecule is CCCC(CCC)C(=O)Nc1ccc2c(COC)cc(=O)[nH]c2c1. The zero-order chi connectivity index (χ0) is 17.5. The number of pyridine rings is 1. The third-order valence-corrected chi connectivity index (χ3v) is 4.14. The summed E-state index contributed by atoms with van der Waals surface area (Å²) in [6.07, 6.45) is 3.76. The van der Waals surface area contributed by atoms with E-state index in [0.29, 0.717) is 17.8 Å². The van der Waals surface area contributed by atoms with Crippen molar-refractivity contribution in [3.8, 4) is 0 Å². The van der Waals surface area contributed by atoms with Crippen molar-refractivity contribution in [3.05, 3.63) is 40.2 Å². The van der Waals surface area contributed by atoms with Gasteiger partial charge in [0.25, 0.3) is 0 Å². The number of H-pyrrole nitrogens is 1. The standard InChI is InChI=1S/C19H26N2O3/c1-4-6-13(7-5-2)19(23)20-15-8-9-16-14(12-24-3)10-18(22)21-17(16)11-15/h8-11,13H,4-7,12H2,1-3H3,(H,20,23)(H,21,22). The van der Waals surface area contributed by atoms with Crippen LogP contribution in [0.3, 0.4) is 0 Å². The molecule has 5 nitrogen and oxygen atoms in total. The second-order valence-corrected chi connectivity index (χ2v) is 6.12. The average molecular weight is 330 g/mol. The first-order valence-corrected chi connectivity index (χ1v) is 8.54. The van der Waals surface area contributed by atoms with Crippen molar-refractivity contribution in [2.24, 2.45) is 5.92 Å². The third-order valence-electron chi connectivity index (χ3n) is 4.14. The van der Waals surface area contributed by atoms with Crippen LogP contribution in [0.1, 0.15) is 45.1 Å². The number of carbonyl (C=O) groups is 1. The number of amides is 1. The predicted molar refractivity (Wildman–Crippen MR) is 97.2 cm³/mol. The topological polar surface area (TPSA) is 71.2 Å². The van der Waals surface area contributed by atoms with Crippen LogP contribution in [-0.4, -0.2) is 18.0 Å². The number of ether oxygens (including phenoxy) is 1. The second kappa shape index (κ2) is 8.64. The lowest BCUT2D eigenvalue weighted by molar-refractivity contribution is -0.120. The van der Waals surface area contributed by atoms with Gasteiger partial charge < -0.3 is 15.0 Å². The predicted octanol–water partition coefficient (Wildman–Crippen LogP) is 3.83. The van der Waals surface area contributed by atoms with Crippen molar-refractivity contribution >= 4 is 22.5 Å². The Morgan fingerprint density at radius 1 is 1.21 bits per heavy atom. The van der Waals surface area contributed by atoms with Crippen molar-refractivity contribution in [2.75, 3.05) is 12.4 Å². The van der Waals surface area contributed by atoms with Crippen molar-refractivity contribution < 1.29 is 9.53 Å². The molecule has 5 heteroatoms. The van der Waals surface area contributed by atoms with Crippen LogP contribution in [0.4, 0.5) is 5.69 Å². The molecule has 1 aromatic carbocycles. The van der Waals surface area contributed by atoms with Gasteiger partial charge in [0, 0.05) is 30.2 Å². The zero-order valence-corrected chi connectivity index (χ0v) is 14.6. The molecule has 0 spiro atoms. The summed E-state index contributed by atoms with van der Waals surface area (Å²) < 4.78 is 5.15. The number of methoxy groups -OCH3 is 1. The number of hydrogen-bond donors (Lipinski definition) is 2. The maximum Gasteiger partial charge on any atom is 0.248 e. The Kier molecular flexibility index (Phi) is 6.55. The molecule has 1 aromatic heterocycles. The van der Waals surface area contributed by atoms with E-state index in [9.17, 15) is 9.59 Å². The molecule has 0 saturated heterocycles. The molecule has 0 bridgehead atoms. The van der Waals surface area contributed by atoms with Gasteiger partial charge in [-0.3, -0.25) is 9.59 Å². The number of carbonyl (C=O) groups excluding carboxylic acids is 1. The molecule has 1 amide bonds. The minimum Gasteiger partial charge on any atom is -0.380 e. The van der Waals surface area contributed by atoms with Crippen molar-refractivity contribution in [2.45, 2.75) is 46.1 Å². The lowest BCUT2D eigenvalue weighted by atomic mass is 9.97. The van der Waals surface area contributed by atoms with Crippen LogP contribution in [0.5, 0.6) is 0 Å². The Bertz CT molecular complexity index is 746. The minimum atomic E-state index is -0.173. The fourth-order valence-electron chi connectivity index (χ4n) is 3.03. The number of rotatable bonds is 8. The van der Waals surface area contributed by atoms with Crippen LogP contribution in [-0.2, 0) is 16.1 Å². The monoisotopic (exact) mass is 330 g/mol. The van der Waals surface area contributed by atoms with Gasteiger partial charge in [-0.15, -0.1) is 0 Å². The number of fused-ring (bicyclic) bond motifs is 1. The van der Waals surface area contributed by atoms with Gasteiger partial charge in [-0.1, -0.05) is 32.8 Å². The molecule has 0 radical (unpaired) electrons. The average Bonchev–Trinajstić information content (AvgIpc) is 2.54. The summed E-state index contributed by atoms with van der Waals surface area (Å²) >= 11 is 0. The third kappa shape index (κ3) is 4.45. The van der Waals surface area contributed by atoms with E-state index in [2.05, 4.69) is 24.1 Å². The van der Waals surface area contributed by atoms with E-state index in [1.54, 1.807) is 13.2 Å². The van der Waals surface area contributed by atoms with E-state index in [1.807, 2.05) is 18.2 Å². The Hall–Kier alpha value is -2.14. The van der Waals surface area contributed by atoms with Crippen LogP contribution < -0.4 is 10.9 Å². The molecule has 0 aliphatic carbocycles. The summed E-state index contributed by atoms with van der Waals surface area (Å²) in [6.45, 7) is 4.56. The quantitative estimate of drug-likeness (QED) is 0.773. The molecule has 2 aromatic rings. The van der Waals surface area contributed by atoms with Crippen molar-refractivity contribution in [1.82, 2.24) is 4.98 Å². The fourth-order valence-corrected chi connectivity index (χ4v) is 3.03. The normalized spacial score (nSPS) is 11.2. The highest BCUT2D eigenvalue weighted by molar-refractivity contribution is 5.95. The van der Waals surface area contributed by atoms with Crippen LogP contribution in [0.2, 0.25) is 0 Å². The molecular formula is C19H26N2O3. The molecule has 0 fully saturated rings. The van der Waals surface area contributed by atoms with Crippen LogP contribution in [0, 0.1) is 5.92 Å². The van der Waals surface area contributed by atoms with Gasteiger partial charge in [0.05, 0.1) is 12.1 Å². The Labute approximate surface area is 142 Å². The molecule has 1 heterocycles. The van der Waals surface area contributed by atoms with Crippen LogP contribution >= 0.6 is 0 Å². The minimum absolute atomic E-state index is 0.0366. The smallest absolute Gasteiger partial charge is 0.248 e. The lowest BCUT2D eigenvalue weighted by Crippen LogP contribution is -2.22. The lowest BCUT2D eigenvalue weighted by Gasteiger charge is -2.15. The van der Waals surface area contributed by atoms with Gasteiger partial charge >= 0.3 is 0 Å². The number of aromatic nitrogens is 1. The molecule has 130 valence electrons. The van der Waals surface area contributed by atoms with Gasteiger partial charge in [-0.2, -0.15) is 0 Å². The molecule has 0 saturated carbocycles. The first-order chi connectivity index (χ1) is 11.6. The summed E-state index contributed by atoms with van der Waals surface area (Å²) in [5, 5.41) is 3.91. The summed E-state index contributed by atoms with van der Waals surface area (Å²) in [7, 11) is 1.60. The Balaban J connectivity index is 2.27. The highest BCUT2D eigenvalue weighted by atomic mass is 16.5. The molecular weight excluding hydrogens is 304 g/mol. The second-order valence-electron chi connectivity index (χ2n) is 6.12. The van der Waals surface area contributed by atoms with Gasteiger partial charge in [0.15, 0.2) is 0 Å². The molecule has 2 rings (SSSR count). The molecule has 0 unspecified atom stereocenters. The van der Waals surface area contributed by atoms with Crippen molar-refractivity contribution in [1.29, 1.82) is 0 Å². The highest BCUT2D eigenvalue weighted by Gasteiger charge is 2.17. The summed E-state index contributed by atoms with van der Waals surface area (Å²) in [6, 6.07) is 7.13. The number of aromatic amines is 1. The summed E-state index contributed by atoms with van der Waals surface area (Å²) in [5.41, 5.74) is 2.07. The van der Waals surface area contributed by atoms with Crippen LogP contribution in [0.15, 0.2) is 29.1 Å². The molecule has 0 atom stereocenters. The maximum atomic E-state index is 12.5. The first kappa shape index (κ1) is 18.2. The zero-order valence-electron chi connectivity index (χ0n) is 14.6. The fraction of sp³-hybridized carbons (Fsp3) is 0.474. The van der Waals surface area contributed by atoms with E-state index >= 15 is 0 Å². The Morgan fingerprint density at radius 2 is 1.92 bits per heavy atom. The van der Waals surface area contributed by atoms with Gasteiger partial charge in [0.2, 0.25) is 11.5 Å². The molecule has 0 aliphatic heterocycles. The number of anilines is 1. The number of hydrogen-bond acceptors (Lipinski definition) is 3. The molecule has 0 aliphatic rings. The van der Waals surface area contributed by atoms with Gasteiger partial charge in [-0.05, 0) is 30.5 Å². The maximum absolute atomic E-state index is 12.5. The number of benzene rings is 1. The largest absolute Gasteiger partial charge is 0.380 e. The van der Waals surface area contributed by atoms with Gasteiger partial charge in [-0.25, -0.2) is 0 Å². The van der Waals surface area contributed by atoms with E-state index in [-0.39, 0.29) is 17.4 Å². The Morgan fingerprint density at radius 3 is 2.54 bits per heavy atom. The summed E-state index contributed by atoms with van der Waals surface area (Å²) in [4.78, 5) is 27.1. The summed E-state index contributed by atoms with van der Waals surface area (Å²) in [5.74, 6) is 0.0861. The van der Waals surface area contributed by atoms with Crippen LogP contribution in [0.25, 0.3) is 10.9 Å². The van der Waals surface area contributed by atoms with E-state index in [4.69, 9.17) is 4.74 Å². The van der Waals surface area contributed by atoms with E-state index < -0.39 is 0 Å². The van der Waals surface area contributed by atoms with Gasteiger partial charge in [0.1, 0.15) is 0 Å². The molecule has 24 heavy (non-hydrogen) atoms. The number of nitrogens with one attached hydrogen (secondary N) is 2.